The molecule has 0 bridgehead atoms. The van der Waals surface area contributed by atoms with Gasteiger partial charge >= 0.3 is 0 Å². The first-order valence-corrected chi connectivity index (χ1v) is 11.1. The number of nitrogens with zero attached hydrogens (tertiary/aromatic N) is 8. The summed E-state index contributed by atoms with van der Waals surface area (Å²) in [4.78, 5) is 23.7. The molecule has 29 heavy (non-hydrogen) atoms. The Morgan fingerprint density at radius 1 is 1.10 bits per heavy atom. The highest BCUT2D eigenvalue weighted by molar-refractivity contribution is 7.16. The van der Waals surface area contributed by atoms with Crippen molar-refractivity contribution >= 4 is 28.6 Å². The molecule has 9 heteroatoms. The van der Waals surface area contributed by atoms with E-state index in [1.807, 2.05) is 17.3 Å². The Labute approximate surface area is 175 Å². The third-order valence-electron chi connectivity index (χ3n) is 6.05. The van der Waals surface area contributed by atoms with E-state index in [0.717, 1.165) is 75.3 Å². The van der Waals surface area contributed by atoms with Crippen LogP contribution in [0.15, 0.2) is 23.5 Å². The summed E-state index contributed by atoms with van der Waals surface area (Å²) in [5.74, 6) is 0.811. The maximum absolute atomic E-state index is 11.0. The van der Waals surface area contributed by atoms with E-state index in [-0.39, 0.29) is 0 Å². The van der Waals surface area contributed by atoms with Crippen LogP contribution in [0.25, 0.3) is 0 Å². The average Bonchev–Trinajstić information content (AvgIpc) is 3.12. The zero-order chi connectivity index (χ0) is 19.8. The molecule has 8 nitrogen and oxygen atoms in total. The molecule has 1 atom stereocenters. The fraction of sp³-hybridized carbons (Fsp3) is 0.550. The summed E-state index contributed by atoms with van der Waals surface area (Å²) in [5.41, 5.74) is 13.4. The molecule has 0 saturated carbocycles. The summed E-state index contributed by atoms with van der Waals surface area (Å²) >= 11 is 1.74. The van der Waals surface area contributed by atoms with Crippen molar-refractivity contribution in [2.24, 2.45) is 4.99 Å². The summed E-state index contributed by atoms with van der Waals surface area (Å²) in [7, 11) is 2.15. The number of fused-ring (bicyclic) bond motifs is 3. The van der Waals surface area contributed by atoms with Gasteiger partial charge in [-0.2, -0.15) is 0 Å². The van der Waals surface area contributed by atoms with Gasteiger partial charge in [0.1, 0.15) is 11.2 Å². The second kappa shape index (κ2) is 7.98. The first-order valence-electron chi connectivity index (χ1n) is 10.2. The summed E-state index contributed by atoms with van der Waals surface area (Å²) in [6.45, 7) is 7.50. The van der Waals surface area contributed by atoms with Crippen LogP contribution < -0.4 is 10.6 Å². The van der Waals surface area contributed by atoms with Crippen molar-refractivity contribution in [1.29, 1.82) is 0 Å². The first-order chi connectivity index (χ1) is 14.2. The number of thiophene rings is 1. The van der Waals surface area contributed by atoms with Crippen LogP contribution in [0.5, 0.6) is 0 Å². The van der Waals surface area contributed by atoms with E-state index in [9.17, 15) is 5.73 Å². The van der Waals surface area contributed by atoms with Crippen molar-refractivity contribution in [3.8, 4) is 0 Å². The minimum absolute atomic E-state index is 0.579. The molecule has 0 aliphatic carbocycles. The molecular formula is C20H26N8S. The third kappa shape index (κ3) is 3.75. The van der Waals surface area contributed by atoms with E-state index in [0.29, 0.717) is 0 Å². The Hall–Kier alpha value is -2.07. The number of aliphatic imine (C=N–C) groups is 1. The predicted molar refractivity (Wildman–Crippen MR) is 115 cm³/mol. The normalized spacial score (nSPS) is 22.6. The van der Waals surface area contributed by atoms with Crippen molar-refractivity contribution < 1.29 is 0 Å². The topological polar surface area (TPSA) is 73.4 Å². The molecule has 0 aromatic carbocycles. The van der Waals surface area contributed by atoms with Gasteiger partial charge in [-0.25, -0.2) is 15.0 Å². The van der Waals surface area contributed by atoms with E-state index < -0.39 is 6.17 Å². The zero-order valence-electron chi connectivity index (χ0n) is 16.7. The Balaban J connectivity index is 1.18. The van der Waals surface area contributed by atoms with Crippen molar-refractivity contribution in [1.82, 2.24) is 30.4 Å². The Kier molecular flexibility index (Phi) is 5.21. The van der Waals surface area contributed by atoms with Gasteiger partial charge in [0.15, 0.2) is 0 Å². The molecular weight excluding hydrogens is 384 g/mol. The molecule has 5 rings (SSSR count). The number of hydrogen-bond acceptors (Lipinski definition) is 8. The lowest BCUT2D eigenvalue weighted by atomic mass is 10.0. The van der Waals surface area contributed by atoms with Gasteiger partial charge < -0.3 is 14.7 Å². The molecule has 1 unspecified atom stereocenters. The highest BCUT2D eigenvalue weighted by Gasteiger charge is 2.32. The fourth-order valence-electron chi connectivity index (χ4n) is 4.32. The Bertz CT molecular complexity index is 874. The molecule has 0 spiro atoms. The predicted octanol–water partition coefficient (Wildman–Crippen LogP) is 1.39. The summed E-state index contributed by atoms with van der Waals surface area (Å²) in [6, 6.07) is 1.85. The number of hydrogen-bond donors (Lipinski definition) is 0. The van der Waals surface area contributed by atoms with Crippen molar-refractivity contribution in [3.05, 3.63) is 34.5 Å². The first kappa shape index (κ1) is 18.9. The quantitative estimate of drug-likeness (QED) is 0.759. The molecule has 5 heterocycles. The Morgan fingerprint density at radius 2 is 1.90 bits per heavy atom. The minimum atomic E-state index is -0.579. The van der Waals surface area contributed by atoms with Crippen molar-refractivity contribution in [2.45, 2.75) is 19.1 Å². The van der Waals surface area contributed by atoms with Crippen LogP contribution >= 0.6 is 11.3 Å². The molecule has 1 saturated heterocycles. The van der Waals surface area contributed by atoms with Gasteiger partial charge in [0.2, 0.25) is 5.95 Å². The van der Waals surface area contributed by atoms with E-state index in [2.05, 4.69) is 36.7 Å². The molecule has 2 radical (unpaired) electrons. The lowest BCUT2D eigenvalue weighted by Gasteiger charge is -2.36. The number of anilines is 1. The van der Waals surface area contributed by atoms with E-state index in [4.69, 9.17) is 0 Å². The number of aromatic nitrogens is 2. The van der Waals surface area contributed by atoms with Gasteiger partial charge in [0.25, 0.3) is 0 Å². The number of piperazine rings is 1. The molecule has 1 fully saturated rings. The minimum Gasteiger partial charge on any atom is -0.339 e. The number of likely N-dealkylation sites (N-methyl/N-ethyl adjacent to an activating group) is 1. The Morgan fingerprint density at radius 3 is 2.69 bits per heavy atom. The van der Waals surface area contributed by atoms with Crippen molar-refractivity contribution in [2.75, 3.05) is 57.8 Å². The monoisotopic (exact) mass is 410 g/mol. The van der Waals surface area contributed by atoms with E-state index in [1.54, 1.807) is 23.7 Å². The van der Waals surface area contributed by atoms with Gasteiger partial charge in [0, 0.05) is 75.2 Å². The molecule has 0 N–H and O–H groups in total. The van der Waals surface area contributed by atoms with Gasteiger partial charge in [-0.15, -0.1) is 17.1 Å². The molecule has 0 amide bonds. The third-order valence-corrected chi connectivity index (χ3v) is 7.19. The summed E-state index contributed by atoms with van der Waals surface area (Å²) in [5, 5.41) is 0.991. The molecule has 152 valence electrons. The van der Waals surface area contributed by atoms with Gasteiger partial charge in [-0.1, -0.05) is 0 Å². The maximum Gasteiger partial charge on any atom is 0.225 e. The second-order valence-corrected chi connectivity index (χ2v) is 9.03. The van der Waals surface area contributed by atoms with Gasteiger partial charge in [-0.3, -0.25) is 4.90 Å². The SMILES string of the molecule is CN1CCc2c(sc3c2C([N])N(CCN2CCN(c4ncccn4)CC2)C=N3)C1. The van der Waals surface area contributed by atoms with E-state index in [1.165, 1.54) is 10.4 Å². The highest BCUT2D eigenvalue weighted by atomic mass is 32.1. The van der Waals surface area contributed by atoms with Crippen LogP contribution in [0.1, 0.15) is 22.2 Å². The summed E-state index contributed by atoms with van der Waals surface area (Å²) < 4.78 is 0. The lowest BCUT2D eigenvalue weighted by molar-refractivity contribution is 0.214. The van der Waals surface area contributed by atoms with Crippen LogP contribution in [0.3, 0.4) is 0 Å². The zero-order valence-corrected chi connectivity index (χ0v) is 17.6. The highest BCUT2D eigenvalue weighted by Crippen LogP contribution is 2.44. The maximum atomic E-state index is 11.0. The standard InChI is InChI=1S/C20H26N8S/c1-25-6-3-15-16(13-25)29-19-17(15)18(21)28(14-24-19)12-9-26-7-10-27(11-8-26)20-22-4-2-5-23-20/h2,4-5,14,18H,3,6-13H2,1H3. The van der Waals surface area contributed by atoms with E-state index >= 15 is 0 Å². The molecule has 3 aliphatic heterocycles. The van der Waals surface area contributed by atoms with Crippen LogP contribution in [0, 0.1) is 0 Å². The van der Waals surface area contributed by atoms with Crippen LogP contribution in [0.4, 0.5) is 10.9 Å². The van der Waals surface area contributed by atoms with Crippen LogP contribution in [0.2, 0.25) is 0 Å². The smallest absolute Gasteiger partial charge is 0.225 e. The van der Waals surface area contributed by atoms with Crippen LogP contribution in [-0.2, 0) is 13.0 Å². The second-order valence-electron chi connectivity index (χ2n) is 7.94. The largest absolute Gasteiger partial charge is 0.339 e. The van der Waals surface area contributed by atoms with Gasteiger partial charge in [-0.05, 0) is 25.1 Å². The number of rotatable bonds is 4. The van der Waals surface area contributed by atoms with Crippen molar-refractivity contribution in [3.63, 3.8) is 0 Å². The van der Waals surface area contributed by atoms with Gasteiger partial charge in [0.05, 0.1) is 6.34 Å². The van der Waals surface area contributed by atoms with Crippen LogP contribution in [-0.4, -0.2) is 83.9 Å². The summed E-state index contributed by atoms with van der Waals surface area (Å²) in [6.07, 6.45) is 5.83. The molecule has 2 aromatic rings. The fourth-order valence-corrected chi connectivity index (χ4v) is 5.61. The average molecular weight is 411 g/mol. The molecule has 2 aromatic heterocycles. The lowest BCUT2D eigenvalue weighted by Crippen LogP contribution is -2.49. The molecule has 3 aliphatic rings.